The first-order valence-corrected chi connectivity index (χ1v) is 5.86. The molecule has 0 spiro atoms. The van der Waals surface area contributed by atoms with Crippen molar-refractivity contribution in [3.8, 4) is 5.69 Å². The molecule has 1 aromatic carbocycles. The number of hydrogen-bond donors (Lipinski definition) is 3. The SMILES string of the molecule is O=C(N[C@@H](CO)C(=O)O)c1cnn(-c2ccccc2)c1. The van der Waals surface area contributed by atoms with Gasteiger partial charge in [0.2, 0.25) is 0 Å². The van der Waals surface area contributed by atoms with Crippen LogP contribution in [0.15, 0.2) is 42.7 Å². The van der Waals surface area contributed by atoms with Gasteiger partial charge in [0.25, 0.3) is 5.91 Å². The fraction of sp³-hybridized carbons (Fsp3) is 0.154. The summed E-state index contributed by atoms with van der Waals surface area (Å²) in [5.74, 6) is -1.90. The molecule has 0 bridgehead atoms. The molecule has 2 aromatic rings. The van der Waals surface area contributed by atoms with Gasteiger partial charge in [0.15, 0.2) is 6.04 Å². The van der Waals surface area contributed by atoms with Crippen LogP contribution in [0, 0.1) is 0 Å². The maximum absolute atomic E-state index is 11.8. The number of nitrogens with one attached hydrogen (secondary N) is 1. The first-order chi connectivity index (χ1) is 9.61. The lowest BCUT2D eigenvalue weighted by Crippen LogP contribution is -2.43. The minimum absolute atomic E-state index is 0.216. The Balaban J connectivity index is 2.13. The van der Waals surface area contributed by atoms with Crippen LogP contribution >= 0.6 is 0 Å². The maximum atomic E-state index is 11.8. The van der Waals surface area contributed by atoms with Crippen molar-refractivity contribution in [2.24, 2.45) is 0 Å². The predicted molar refractivity (Wildman–Crippen MR) is 69.5 cm³/mol. The fourth-order valence-electron chi connectivity index (χ4n) is 1.59. The molecule has 0 aliphatic heterocycles. The van der Waals surface area contributed by atoms with Crippen LogP contribution in [0.5, 0.6) is 0 Å². The highest BCUT2D eigenvalue weighted by molar-refractivity contribution is 5.96. The zero-order valence-corrected chi connectivity index (χ0v) is 10.4. The predicted octanol–water partition coefficient (Wildman–Crippen LogP) is 0.0476. The number of benzene rings is 1. The second-order valence-electron chi connectivity index (χ2n) is 4.06. The largest absolute Gasteiger partial charge is 0.480 e. The van der Waals surface area contributed by atoms with Crippen LogP contribution in [0.2, 0.25) is 0 Å². The number of carboxylic acid groups (broad SMARTS) is 1. The maximum Gasteiger partial charge on any atom is 0.328 e. The number of aromatic nitrogens is 2. The summed E-state index contributed by atoms with van der Waals surface area (Å²) in [5, 5.41) is 23.9. The van der Waals surface area contributed by atoms with E-state index in [0.717, 1.165) is 5.69 Å². The molecule has 0 aliphatic rings. The Morgan fingerprint density at radius 2 is 2.00 bits per heavy atom. The van der Waals surface area contributed by atoms with E-state index in [-0.39, 0.29) is 5.56 Å². The Kier molecular flexibility index (Phi) is 4.11. The van der Waals surface area contributed by atoms with E-state index in [2.05, 4.69) is 10.4 Å². The van der Waals surface area contributed by atoms with E-state index in [1.54, 1.807) is 0 Å². The van der Waals surface area contributed by atoms with Crippen LogP contribution in [0.25, 0.3) is 5.69 Å². The fourth-order valence-corrected chi connectivity index (χ4v) is 1.59. The van der Waals surface area contributed by atoms with Crippen LogP contribution in [0.4, 0.5) is 0 Å². The van der Waals surface area contributed by atoms with Gasteiger partial charge in [-0.2, -0.15) is 5.10 Å². The lowest BCUT2D eigenvalue weighted by molar-refractivity contribution is -0.140. The molecule has 20 heavy (non-hydrogen) atoms. The number of aliphatic carboxylic acids is 1. The summed E-state index contributed by atoms with van der Waals surface area (Å²) in [6, 6.07) is 7.85. The third-order valence-corrected chi connectivity index (χ3v) is 2.65. The minimum atomic E-state index is -1.33. The minimum Gasteiger partial charge on any atom is -0.480 e. The summed E-state index contributed by atoms with van der Waals surface area (Å²) in [7, 11) is 0. The average Bonchev–Trinajstić information content (AvgIpc) is 2.95. The zero-order valence-electron chi connectivity index (χ0n) is 10.4. The molecular weight excluding hydrogens is 262 g/mol. The van der Waals surface area contributed by atoms with Crippen molar-refractivity contribution in [1.82, 2.24) is 15.1 Å². The van der Waals surface area contributed by atoms with E-state index in [4.69, 9.17) is 10.2 Å². The van der Waals surface area contributed by atoms with E-state index in [0.29, 0.717) is 0 Å². The molecule has 0 saturated carbocycles. The first kappa shape index (κ1) is 13.8. The van der Waals surface area contributed by atoms with Gasteiger partial charge >= 0.3 is 5.97 Å². The standard InChI is InChI=1S/C13H13N3O4/c17-8-11(13(19)20)15-12(18)9-6-14-16(7-9)10-4-2-1-3-5-10/h1-7,11,17H,8H2,(H,15,18)(H,19,20)/t11-/m0/s1. The topological polar surface area (TPSA) is 104 Å². The van der Waals surface area contributed by atoms with Crippen LogP contribution in [-0.4, -0.2) is 44.5 Å². The second kappa shape index (κ2) is 5.98. The Morgan fingerprint density at radius 1 is 1.30 bits per heavy atom. The molecule has 0 saturated heterocycles. The summed E-state index contributed by atoms with van der Waals surface area (Å²) in [4.78, 5) is 22.6. The molecule has 1 aromatic heterocycles. The number of amides is 1. The van der Waals surface area contributed by atoms with Gasteiger partial charge in [0, 0.05) is 6.20 Å². The third kappa shape index (κ3) is 3.01. The molecule has 0 fully saturated rings. The third-order valence-electron chi connectivity index (χ3n) is 2.65. The molecule has 7 heteroatoms. The lowest BCUT2D eigenvalue weighted by atomic mass is 10.2. The summed E-state index contributed by atoms with van der Waals surface area (Å²) >= 11 is 0. The van der Waals surface area contributed by atoms with Gasteiger partial charge in [0.1, 0.15) is 0 Å². The molecule has 3 N–H and O–H groups in total. The van der Waals surface area contributed by atoms with Gasteiger partial charge in [-0.3, -0.25) is 4.79 Å². The van der Waals surface area contributed by atoms with Gasteiger partial charge in [0.05, 0.1) is 24.1 Å². The number of aliphatic hydroxyl groups is 1. The van der Waals surface area contributed by atoms with Crippen molar-refractivity contribution in [3.05, 3.63) is 48.3 Å². The molecule has 7 nitrogen and oxygen atoms in total. The molecule has 0 radical (unpaired) electrons. The van der Waals surface area contributed by atoms with E-state index in [9.17, 15) is 9.59 Å². The van der Waals surface area contributed by atoms with Crippen molar-refractivity contribution in [1.29, 1.82) is 0 Å². The second-order valence-corrected chi connectivity index (χ2v) is 4.06. The zero-order chi connectivity index (χ0) is 14.5. The Labute approximate surface area is 114 Å². The number of carbonyl (C=O) groups is 2. The molecular formula is C13H13N3O4. The molecule has 1 heterocycles. The molecule has 0 unspecified atom stereocenters. The number of para-hydroxylation sites is 1. The number of hydrogen-bond acceptors (Lipinski definition) is 4. The quantitative estimate of drug-likeness (QED) is 0.715. The van der Waals surface area contributed by atoms with Crippen molar-refractivity contribution in [2.75, 3.05) is 6.61 Å². The Hall–Kier alpha value is -2.67. The normalized spacial score (nSPS) is 11.8. The van der Waals surface area contributed by atoms with Crippen molar-refractivity contribution < 1.29 is 19.8 Å². The average molecular weight is 275 g/mol. The number of rotatable bonds is 5. The van der Waals surface area contributed by atoms with E-state index < -0.39 is 24.5 Å². The first-order valence-electron chi connectivity index (χ1n) is 5.86. The molecule has 104 valence electrons. The van der Waals surface area contributed by atoms with Crippen molar-refractivity contribution in [2.45, 2.75) is 6.04 Å². The van der Waals surface area contributed by atoms with E-state index in [1.165, 1.54) is 17.1 Å². The van der Waals surface area contributed by atoms with Gasteiger partial charge in [-0.15, -0.1) is 0 Å². The van der Waals surface area contributed by atoms with Crippen molar-refractivity contribution >= 4 is 11.9 Å². The van der Waals surface area contributed by atoms with Gasteiger partial charge in [-0.05, 0) is 12.1 Å². The monoisotopic (exact) mass is 275 g/mol. The summed E-state index contributed by atoms with van der Waals surface area (Å²) < 4.78 is 1.50. The van der Waals surface area contributed by atoms with Gasteiger partial charge < -0.3 is 15.5 Å². The highest BCUT2D eigenvalue weighted by Gasteiger charge is 2.20. The smallest absolute Gasteiger partial charge is 0.328 e. The van der Waals surface area contributed by atoms with Crippen LogP contribution < -0.4 is 5.32 Å². The lowest BCUT2D eigenvalue weighted by Gasteiger charge is -2.10. The van der Waals surface area contributed by atoms with Crippen LogP contribution in [0.3, 0.4) is 0 Å². The van der Waals surface area contributed by atoms with Gasteiger partial charge in [-0.1, -0.05) is 18.2 Å². The summed E-state index contributed by atoms with van der Waals surface area (Å²) in [6.07, 6.45) is 2.82. The molecule has 0 aliphatic carbocycles. The molecule has 2 rings (SSSR count). The Bertz CT molecular complexity index is 609. The van der Waals surface area contributed by atoms with Crippen LogP contribution in [0.1, 0.15) is 10.4 Å². The highest BCUT2D eigenvalue weighted by atomic mass is 16.4. The van der Waals surface area contributed by atoms with Crippen LogP contribution in [-0.2, 0) is 4.79 Å². The summed E-state index contributed by atoms with van der Waals surface area (Å²) in [6.45, 7) is -0.673. The number of carbonyl (C=O) groups excluding carboxylic acids is 1. The highest BCUT2D eigenvalue weighted by Crippen LogP contribution is 2.07. The number of aliphatic hydroxyl groups excluding tert-OH is 1. The van der Waals surface area contributed by atoms with Crippen molar-refractivity contribution in [3.63, 3.8) is 0 Å². The molecule has 1 amide bonds. The number of nitrogens with zero attached hydrogens (tertiary/aromatic N) is 2. The Morgan fingerprint density at radius 3 is 2.60 bits per heavy atom. The van der Waals surface area contributed by atoms with E-state index in [1.807, 2.05) is 30.3 Å². The number of carboxylic acids is 1. The van der Waals surface area contributed by atoms with Gasteiger partial charge in [-0.25, -0.2) is 9.48 Å². The van der Waals surface area contributed by atoms with E-state index >= 15 is 0 Å². The molecule has 1 atom stereocenters. The summed E-state index contributed by atoms with van der Waals surface area (Å²) in [5.41, 5.74) is 0.997.